The van der Waals surface area contributed by atoms with E-state index in [9.17, 15) is 13.6 Å². The van der Waals surface area contributed by atoms with Gasteiger partial charge in [-0.05, 0) is 61.2 Å². The molecule has 36 heavy (non-hydrogen) atoms. The Kier molecular flexibility index (Phi) is 6.06. The number of allylic oxidation sites excluding steroid dienone is 1. The zero-order chi connectivity index (χ0) is 24.9. The van der Waals surface area contributed by atoms with Gasteiger partial charge in [-0.15, -0.1) is 0 Å². The van der Waals surface area contributed by atoms with Crippen LogP contribution < -0.4 is 4.90 Å². The Balaban J connectivity index is 1.17. The number of hydrogen-bond donors (Lipinski definition) is 0. The first-order chi connectivity index (χ1) is 17.4. The molecule has 0 spiro atoms. The lowest BCUT2D eigenvalue weighted by atomic mass is 9.85. The third-order valence-electron chi connectivity index (χ3n) is 8.39. The number of benzene rings is 1. The maximum Gasteiger partial charge on any atom is 0.267 e. The monoisotopic (exact) mass is 492 g/mol. The van der Waals surface area contributed by atoms with Gasteiger partial charge in [-0.1, -0.05) is 31.2 Å². The first kappa shape index (κ1) is 23.6. The van der Waals surface area contributed by atoms with Crippen LogP contribution in [-0.4, -0.2) is 72.4 Å². The Morgan fingerprint density at radius 2 is 1.78 bits per heavy atom. The first-order valence-corrected chi connectivity index (χ1v) is 13.4. The molecule has 2 saturated heterocycles. The quantitative estimate of drug-likeness (QED) is 0.608. The second-order valence-corrected chi connectivity index (χ2v) is 10.7. The molecule has 0 radical (unpaired) electrons. The van der Waals surface area contributed by atoms with E-state index in [1.807, 2.05) is 47.2 Å². The number of carbonyl (C=O) groups excluding carboxylic acids is 1. The summed E-state index contributed by atoms with van der Waals surface area (Å²) in [6, 6.07) is 9.85. The van der Waals surface area contributed by atoms with Gasteiger partial charge in [0.25, 0.3) is 5.92 Å². The lowest BCUT2D eigenvalue weighted by Crippen LogP contribution is -2.49. The number of carbonyl (C=O) groups is 1. The number of amides is 1. The van der Waals surface area contributed by atoms with Crippen LogP contribution in [0.15, 0.2) is 36.5 Å². The van der Waals surface area contributed by atoms with E-state index in [-0.39, 0.29) is 12.5 Å². The molecule has 5 nitrogen and oxygen atoms in total. The van der Waals surface area contributed by atoms with Crippen LogP contribution in [0.25, 0.3) is 11.6 Å². The minimum Gasteiger partial charge on any atom is -0.367 e. The van der Waals surface area contributed by atoms with E-state index in [2.05, 4.69) is 22.0 Å². The average Bonchev–Trinajstić information content (AvgIpc) is 3.65. The van der Waals surface area contributed by atoms with Crippen molar-refractivity contribution >= 4 is 23.2 Å². The second kappa shape index (κ2) is 9.25. The molecule has 1 unspecified atom stereocenters. The lowest BCUT2D eigenvalue weighted by molar-refractivity contribution is -0.132. The van der Waals surface area contributed by atoms with Gasteiger partial charge in [0.05, 0.1) is 18.2 Å². The molecule has 2 aliphatic carbocycles. The van der Waals surface area contributed by atoms with Crippen molar-refractivity contribution < 1.29 is 13.6 Å². The number of pyridine rings is 1. The first-order valence-electron chi connectivity index (χ1n) is 13.4. The van der Waals surface area contributed by atoms with E-state index >= 15 is 0 Å². The number of fused-ring (bicyclic) bond motifs is 1. The van der Waals surface area contributed by atoms with E-state index in [4.69, 9.17) is 0 Å². The highest BCUT2D eigenvalue weighted by atomic mass is 19.3. The molecule has 1 saturated carbocycles. The molecule has 0 bridgehead atoms. The molecule has 1 amide bonds. The second-order valence-electron chi connectivity index (χ2n) is 10.7. The van der Waals surface area contributed by atoms with Crippen LogP contribution in [-0.2, 0) is 11.2 Å². The number of nitrogens with zero attached hydrogens (tertiary/aromatic N) is 4. The predicted molar refractivity (Wildman–Crippen MR) is 138 cm³/mol. The highest BCUT2D eigenvalue weighted by Crippen LogP contribution is 2.41. The Morgan fingerprint density at radius 3 is 2.44 bits per heavy atom. The summed E-state index contributed by atoms with van der Waals surface area (Å²) in [5.41, 5.74) is 6.35. The summed E-state index contributed by atoms with van der Waals surface area (Å²) < 4.78 is 29.6. The maximum absolute atomic E-state index is 14.8. The molecule has 3 fully saturated rings. The zero-order valence-corrected chi connectivity index (χ0v) is 20.9. The van der Waals surface area contributed by atoms with E-state index in [1.165, 1.54) is 11.3 Å². The van der Waals surface area contributed by atoms with Crippen LogP contribution in [0.4, 0.5) is 14.5 Å². The van der Waals surface area contributed by atoms with Gasteiger partial charge in [0, 0.05) is 56.0 Å². The summed E-state index contributed by atoms with van der Waals surface area (Å²) in [4.78, 5) is 23.3. The Morgan fingerprint density at radius 1 is 1.03 bits per heavy atom. The summed E-state index contributed by atoms with van der Waals surface area (Å²) in [6.45, 7) is 6.37. The standard InChI is InChI=1S/C29H34F2N4O/c1-2-33-12-10-25(29(30,31)19-33)21-5-3-20(4-6-21)23-17-24-26(18-23)32-11-9-27(24)34-13-15-35(16-14-34)28(36)22-7-8-22/h3-6,9,11,17,22,25H,2,7-8,10,12-16,18-19H2,1H3. The summed E-state index contributed by atoms with van der Waals surface area (Å²) in [6.07, 6.45) is 7.41. The van der Waals surface area contributed by atoms with Gasteiger partial charge >= 0.3 is 0 Å². The van der Waals surface area contributed by atoms with Gasteiger partial charge in [0.1, 0.15) is 0 Å². The van der Waals surface area contributed by atoms with Gasteiger partial charge in [-0.3, -0.25) is 14.7 Å². The van der Waals surface area contributed by atoms with Crippen molar-refractivity contribution in [3.05, 3.63) is 58.9 Å². The molecule has 1 aromatic heterocycles. The molecule has 2 aliphatic heterocycles. The maximum atomic E-state index is 14.8. The fourth-order valence-electron chi connectivity index (χ4n) is 6.05. The normalized spacial score (nSPS) is 24.0. The summed E-state index contributed by atoms with van der Waals surface area (Å²) in [7, 11) is 0. The van der Waals surface area contributed by atoms with Crippen molar-refractivity contribution in [2.24, 2.45) is 5.92 Å². The number of likely N-dealkylation sites (tertiary alicyclic amines) is 1. The minimum absolute atomic E-state index is 0.159. The van der Waals surface area contributed by atoms with Gasteiger partial charge in [-0.25, -0.2) is 8.78 Å². The minimum atomic E-state index is -2.70. The van der Waals surface area contributed by atoms with E-state index < -0.39 is 11.8 Å². The Bertz CT molecular complexity index is 1170. The highest BCUT2D eigenvalue weighted by molar-refractivity contribution is 5.92. The number of hydrogen-bond acceptors (Lipinski definition) is 4. The Hall–Kier alpha value is -2.80. The van der Waals surface area contributed by atoms with Crippen molar-refractivity contribution in [2.45, 2.75) is 44.4 Å². The van der Waals surface area contributed by atoms with Crippen molar-refractivity contribution in [3.8, 4) is 0 Å². The molecule has 2 aromatic rings. The van der Waals surface area contributed by atoms with Gasteiger partial charge in [0.15, 0.2) is 0 Å². The van der Waals surface area contributed by atoms with Crippen LogP contribution in [0.3, 0.4) is 0 Å². The SMILES string of the molecule is CCN1CCC(c2ccc(C3=Cc4c(N5CCN(C(=O)C6CC6)CC5)ccnc4C3)cc2)C(F)(F)C1. The molecule has 7 heteroatoms. The van der Waals surface area contributed by atoms with Gasteiger partial charge < -0.3 is 9.80 Å². The smallest absolute Gasteiger partial charge is 0.267 e. The molecule has 6 rings (SSSR count). The average molecular weight is 493 g/mol. The molecular weight excluding hydrogens is 458 g/mol. The molecule has 3 heterocycles. The fourth-order valence-corrected chi connectivity index (χ4v) is 6.05. The molecule has 1 aromatic carbocycles. The van der Waals surface area contributed by atoms with Crippen LogP contribution in [0, 0.1) is 5.92 Å². The number of rotatable bonds is 5. The van der Waals surface area contributed by atoms with Crippen LogP contribution >= 0.6 is 0 Å². The molecule has 1 atom stereocenters. The largest absolute Gasteiger partial charge is 0.367 e. The van der Waals surface area contributed by atoms with E-state index in [0.717, 1.165) is 74.4 Å². The molecular formula is C29H34F2N4O. The number of halogens is 2. The summed E-state index contributed by atoms with van der Waals surface area (Å²) >= 11 is 0. The zero-order valence-electron chi connectivity index (χ0n) is 20.9. The Labute approximate surface area is 211 Å². The van der Waals surface area contributed by atoms with Crippen molar-refractivity contribution in [2.75, 3.05) is 50.7 Å². The number of aromatic nitrogens is 1. The van der Waals surface area contributed by atoms with Crippen LogP contribution in [0.2, 0.25) is 0 Å². The summed E-state index contributed by atoms with van der Waals surface area (Å²) in [5, 5.41) is 0. The lowest BCUT2D eigenvalue weighted by Gasteiger charge is -2.38. The van der Waals surface area contributed by atoms with Crippen molar-refractivity contribution in [1.82, 2.24) is 14.8 Å². The topological polar surface area (TPSA) is 39.7 Å². The summed E-state index contributed by atoms with van der Waals surface area (Å²) in [5.74, 6) is -2.82. The predicted octanol–water partition coefficient (Wildman–Crippen LogP) is 4.68. The van der Waals surface area contributed by atoms with Gasteiger partial charge in [0.2, 0.25) is 5.91 Å². The number of piperidine rings is 1. The molecule has 4 aliphatic rings. The van der Waals surface area contributed by atoms with Crippen molar-refractivity contribution in [3.63, 3.8) is 0 Å². The van der Waals surface area contributed by atoms with Gasteiger partial charge in [-0.2, -0.15) is 0 Å². The fraction of sp³-hybridized carbons (Fsp3) is 0.517. The van der Waals surface area contributed by atoms with Crippen LogP contribution in [0.5, 0.6) is 0 Å². The molecule has 0 N–H and O–H groups in total. The number of alkyl halides is 2. The molecule has 190 valence electrons. The number of piperazine rings is 1. The third-order valence-corrected chi connectivity index (χ3v) is 8.39. The van der Waals surface area contributed by atoms with E-state index in [1.54, 1.807) is 0 Å². The van der Waals surface area contributed by atoms with E-state index in [0.29, 0.717) is 18.9 Å². The van der Waals surface area contributed by atoms with Crippen molar-refractivity contribution in [1.29, 1.82) is 0 Å². The van der Waals surface area contributed by atoms with Crippen LogP contribution in [0.1, 0.15) is 54.5 Å². The third kappa shape index (κ3) is 4.42. The number of anilines is 1. The highest BCUT2D eigenvalue weighted by Gasteiger charge is 2.44.